The van der Waals surface area contributed by atoms with Gasteiger partial charge in [0.25, 0.3) is 11.6 Å². The largest absolute Gasteiger partial charge is 0.490 e. The summed E-state index contributed by atoms with van der Waals surface area (Å²) in [6, 6.07) is 10.8. The third-order valence-corrected chi connectivity index (χ3v) is 4.02. The lowest BCUT2D eigenvalue weighted by molar-refractivity contribution is -0.384. The summed E-state index contributed by atoms with van der Waals surface area (Å²) in [5.41, 5.74) is -0.381. The molecule has 0 aromatic heterocycles. The highest BCUT2D eigenvalue weighted by Crippen LogP contribution is 2.25. The number of nitrogens with one attached hydrogen (secondary N) is 1. The van der Waals surface area contributed by atoms with Crippen molar-refractivity contribution >= 4 is 45.1 Å². The number of nitro benzene ring substituents is 1. The van der Waals surface area contributed by atoms with Crippen LogP contribution in [0.4, 0.5) is 5.69 Å². The molecule has 8 nitrogen and oxygen atoms in total. The summed E-state index contributed by atoms with van der Waals surface area (Å²) in [4.78, 5) is 33.7. The van der Waals surface area contributed by atoms with E-state index in [1.165, 1.54) is 12.1 Å². The maximum atomic E-state index is 12.0. The maximum Gasteiger partial charge on any atom is 0.325 e. The predicted octanol–water partition coefficient (Wildman–Crippen LogP) is 3.36. The first-order chi connectivity index (χ1) is 12.9. The SMILES string of the molecule is O=C(CNC(=O)c1ccc(Cl)c([N+](=O)[O-])c1)OCCOc1cccc(Br)c1. The molecule has 0 radical (unpaired) electrons. The van der Waals surface area contributed by atoms with Crippen LogP contribution < -0.4 is 10.1 Å². The molecule has 1 amide bonds. The molecule has 0 aliphatic rings. The average Bonchev–Trinajstić information content (AvgIpc) is 2.63. The van der Waals surface area contributed by atoms with Crippen LogP contribution in [0.2, 0.25) is 5.02 Å². The third-order valence-electron chi connectivity index (χ3n) is 3.21. The van der Waals surface area contributed by atoms with Crippen LogP contribution in [0.25, 0.3) is 0 Å². The van der Waals surface area contributed by atoms with Gasteiger partial charge >= 0.3 is 5.97 Å². The monoisotopic (exact) mass is 456 g/mol. The van der Waals surface area contributed by atoms with E-state index in [9.17, 15) is 19.7 Å². The summed E-state index contributed by atoms with van der Waals surface area (Å²) in [6.07, 6.45) is 0. The van der Waals surface area contributed by atoms with Crippen LogP contribution in [0.1, 0.15) is 10.4 Å². The molecule has 0 unspecified atom stereocenters. The number of carbonyl (C=O) groups excluding carboxylic acids is 2. The van der Waals surface area contributed by atoms with Crippen molar-refractivity contribution in [3.8, 4) is 5.75 Å². The number of hydrogen-bond acceptors (Lipinski definition) is 6. The minimum atomic E-state index is -0.696. The molecule has 2 rings (SSSR count). The van der Waals surface area contributed by atoms with Gasteiger partial charge in [0.05, 0.1) is 4.92 Å². The number of hydrogen-bond donors (Lipinski definition) is 1. The van der Waals surface area contributed by atoms with E-state index in [2.05, 4.69) is 21.2 Å². The molecular formula is C17H14BrClN2O6. The van der Waals surface area contributed by atoms with Crippen molar-refractivity contribution < 1.29 is 24.0 Å². The Balaban J connectivity index is 1.74. The van der Waals surface area contributed by atoms with Crippen LogP contribution in [0.15, 0.2) is 46.9 Å². The van der Waals surface area contributed by atoms with E-state index in [1.54, 1.807) is 12.1 Å². The minimum absolute atomic E-state index is 0.00757. The number of ether oxygens (including phenoxy) is 2. The van der Waals surface area contributed by atoms with Crippen LogP contribution in [0.3, 0.4) is 0 Å². The molecule has 142 valence electrons. The van der Waals surface area contributed by atoms with E-state index in [0.29, 0.717) is 5.75 Å². The van der Waals surface area contributed by atoms with E-state index < -0.39 is 22.5 Å². The number of esters is 1. The molecule has 10 heteroatoms. The summed E-state index contributed by atoms with van der Waals surface area (Å²) in [6.45, 7) is -0.223. The molecule has 0 bridgehead atoms. The zero-order chi connectivity index (χ0) is 19.8. The molecule has 0 atom stereocenters. The van der Waals surface area contributed by atoms with Crippen LogP contribution >= 0.6 is 27.5 Å². The Morgan fingerprint density at radius 1 is 1.19 bits per heavy atom. The Hall–Kier alpha value is -2.65. The molecule has 0 heterocycles. The standard InChI is InChI=1S/C17H14BrClN2O6/c18-12-2-1-3-13(9-12)26-6-7-27-16(22)10-20-17(23)11-4-5-14(19)15(8-11)21(24)25/h1-5,8-9H,6-7,10H2,(H,20,23). The Bertz CT molecular complexity index is 861. The number of carbonyl (C=O) groups is 2. The van der Waals surface area contributed by atoms with Crippen molar-refractivity contribution in [2.24, 2.45) is 0 Å². The smallest absolute Gasteiger partial charge is 0.325 e. The highest BCUT2D eigenvalue weighted by Gasteiger charge is 2.16. The summed E-state index contributed by atoms with van der Waals surface area (Å²) in [5.74, 6) is -0.695. The number of rotatable bonds is 8. The Morgan fingerprint density at radius 2 is 1.96 bits per heavy atom. The first kappa shape index (κ1) is 20.7. The van der Waals surface area contributed by atoms with Crippen molar-refractivity contribution in [1.29, 1.82) is 0 Å². The minimum Gasteiger partial charge on any atom is -0.490 e. The molecular weight excluding hydrogens is 444 g/mol. The van der Waals surface area contributed by atoms with Gasteiger partial charge in [0.1, 0.15) is 30.5 Å². The highest BCUT2D eigenvalue weighted by molar-refractivity contribution is 9.10. The van der Waals surface area contributed by atoms with Crippen molar-refractivity contribution in [1.82, 2.24) is 5.32 Å². The molecule has 0 spiro atoms. The van der Waals surface area contributed by atoms with Crippen LogP contribution in [-0.4, -0.2) is 36.6 Å². The number of nitro groups is 1. The molecule has 0 saturated carbocycles. The lowest BCUT2D eigenvalue weighted by atomic mass is 10.2. The fourth-order valence-electron chi connectivity index (χ4n) is 1.97. The number of nitrogens with zero attached hydrogens (tertiary/aromatic N) is 1. The zero-order valence-electron chi connectivity index (χ0n) is 13.8. The lowest BCUT2D eigenvalue weighted by Crippen LogP contribution is -2.31. The second-order valence-corrected chi connectivity index (χ2v) is 6.46. The number of amides is 1. The van der Waals surface area contributed by atoms with Gasteiger partial charge in [-0.2, -0.15) is 0 Å². The fourth-order valence-corrected chi connectivity index (χ4v) is 2.54. The van der Waals surface area contributed by atoms with E-state index in [-0.39, 0.29) is 30.3 Å². The second-order valence-electron chi connectivity index (χ2n) is 5.13. The van der Waals surface area contributed by atoms with Gasteiger partial charge in [0, 0.05) is 16.1 Å². The van der Waals surface area contributed by atoms with Crippen molar-refractivity contribution in [2.75, 3.05) is 19.8 Å². The Labute approximate surface area is 167 Å². The lowest BCUT2D eigenvalue weighted by Gasteiger charge is -2.08. The summed E-state index contributed by atoms with van der Waals surface area (Å²) in [7, 11) is 0. The summed E-state index contributed by atoms with van der Waals surface area (Å²) >= 11 is 9.00. The third kappa shape index (κ3) is 6.54. The number of benzene rings is 2. The van der Waals surface area contributed by atoms with E-state index in [4.69, 9.17) is 21.1 Å². The molecule has 0 saturated heterocycles. The van der Waals surface area contributed by atoms with Gasteiger partial charge in [-0.15, -0.1) is 0 Å². The molecule has 1 N–H and O–H groups in total. The van der Waals surface area contributed by atoms with E-state index >= 15 is 0 Å². The zero-order valence-corrected chi connectivity index (χ0v) is 16.2. The van der Waals surface area contributed by atoms with Crippen molar-refractivity contribution in [2.45, 2.75) is 0 Å². The van der Waals surface area contributed by atoms with Crippen LogP contribution in [0, 0.1) is 10.1 Å². The normalized spacial score (nSPS) is 10.1. The quantitative estimate of drug-likeness (QED) is 0.282. The van der Waals surface area contributed by atoms with Gasteiger partial charge in [0.15, 0.2) is 0 Å². The first-order valence-electron chi connectivity index (χ1n) is 7.63. The summed E-state index contributed by atoms with van der Waals surface area (Å²) in [5, 5.41) is 13.1. The van der Waals surface area contributed by atoms with Gasteiger partial charge in [-0.3, -0.25) is 19.7 Å². The Kier molecular flexibility index (Phi) is 7.56. The maximum absolute atomic E-state index is 12.0. The van der Waals surface area contributed by atoms with Gasteiger partial charge in [-0.25, -0.2) is 0 Å². The van der Waals surface area contributed by atoms with Gasteiger partial charge < -0.3 is 14.8 Å². The number of halogens is 2. The van der Waals surface area contributed by atoms with Gasteiger partial charge in [-0.05, 0) is 30.3 Å². The van der Waals surface area contributed by atoms with Crippen molar-refractivity contribution in [3.63, 3.8) is 0 Å². The predicted molar refractivity (Wildman–Crippen MR) is 101 cm³/mol. The van der Waals surface area contributed by atoms with Gasteiger partial charge in [-0.1, -0.05) is 33.6 Å². The van der Waals surface area contributed by atoms with Gasteiger partial charge in [0.2, 0.25) is 0 Å². The summed E-state index contributed by atoms with van der Waals surface area (Å²) < 4.78 is 11.2. The topological polar surface area (TPSA) is 108 Å². The van der Waals surface area contributed by atoms with Crippen LogP contribution in [-0.2, 0) is 9.53 Å². The first-order valence-corrected chi connectivity index (χ1v) is 8.80. The molecule has 0 aliphatic carbocycles. The molecule has 2 aromatic carbocycles. The average molecular weight is 458 g/mol. The van der Waals surface area contributed by atoms with Crippen LogP contribution in [0.5, 0.6) is 5.75 Å². The second kappa shape index (κ2) is 9.89. The van der Waals surface area contributed by atoms with E-state index in [1.807, 2.05) is 12.1 Å². The molecule has 0 fully saturated rings. The van der Waals surface area contributed by atoms with Crippen molar-refractivity contribution in [3.05, 3.63) is 67.6 Å². The fraction of sp³-hybridized carbons (Fsp3) is 0.176. The Morgan fingerprint density at radius 3 is 2.67 bits per heavy atom. The highest BCUT2D eigenvalue weighted by atomic mass is 79.9. The molecule has 0 aliphatic heterocycles. The molecule has 2 aromatic rings. The molecule has 27 heavy (non-hydrogen) atoms. The van der Waals surface area contributed by atoms with E-state index in [0.717, 1.165) is 10.5 Å².